The van der Waals surface area contributed by atoms with Gasteiger partial charge in [-0.3, -0.25) is 9.69 Å². The molecule has 0 radical (unpaired) electrons. The molecule has 36 heavy (non-hydrogen) atoms. The number of thioether (sulfide) groups is 1. The molecule has 7 heteroatoms. The molecule has 2 heterocycles. The van der Waals surface area contributed by atoms with Crippen molar-refractivity contribution in [2.45, 2.75) is 34.1 Å². The number of hydrogen-bond donors (Lipinski definition) is 0. The molecule has 1 aliphatic rings. The SMILES string of the molecule is CCc1cccc(C)c1-n1c(C)cc(/C=C2\SC(=Nc3ccc(OC)cc3)N(CCOC)C2=O)c1C. The van der Waals surface area contributed by atoms with Crippen molar-refractivity contribution in [1.29, 1.82) is 0 Å². The summed E-state index contributed by atoms with van der Waals surface area (Å²) in [4.78, 5) is 20.5. The molecule has 0 bridgehead atoms. The highest BCUT2D eigenvalue weighted by atomic mass is 32.2. The summed E-state index contributed by atoms with van der Waals surface area (Å²) in [5.74, 6) is 0.709. The van der Waals surface area contributed by atoms with Crippen molar-refractivity contribution >= 4 is 34.6 Å². The predicted molar refractivity (Wildman–Crippen MR) is 149 cm³/mol. The number of aryl methyl sites for hydroxylation is 3. The van der Waals surface area contributed by atoms with E-state index in [1.165, 1.54) is 28.6 Å². The maximum absolute atomic E-state index is 13.4. The second-order valence-electron chi connectivity index (χ2n) is 8.75. The van der Waals surface area contributed by atoms with Crippen molar-refractivity contribution in [3.05, 3.63) is 81.5 Å². The number of para-hydroxylation sites is 1. The number of nitrogens with zero attached hydrogens (tertiary/aromatic N) is 3. The molecular weight excluding hydrogens is 470 g/mol. The zero-order valence-corrected chi connectivity index (χ0v) is 22.6. The fourth-order valence-corrected chi connectivity index (χ4v) is 5.50. The zero-order chi connectivity index (χ0) is 25.8. The molecular formula is C29H33N3O3S. The Bertz CT molecular complexity index is 1320. The Morgan fingerprint density at radius 1 is 1.06 bits per heavy atom. The van der Waals surface area contributed by atoms with Crippen molar-refractivity contribution in [3.8, 4) is 11.4 Å². The molecule has 188 valence electrons. The lowest BCUT2D eigenvalue weighted by atomic mass is 10.1. The van der Waals surface area contributed by atoms with Gasteiger partial charge in [-0.2, -0.15) is 0 Å². The van der Waals surface area contributed by atoms with Gasteiger partial charge in [0, 0.05) is 18.5 Å². The normalized spacial score (nSPS) is 15.9. The minimum atomic E-state index is -0.0562. The summed E-state index contributed by atoms with van der Waals surface area (Å²) in [6, 6.07) is 16.1. The van der Waals surface area contributed by atoms with E-state index in [2.05, 4.69) is 56.5 Å². The lowest BCUT2D eigenvalue weighted by molar-refractivity contribution is -0.122. The number of carbonyl (C=O) groups excluding carboxylic acids is 1. The molecule has 6 nitrogen and oxygen atoms in total. The van der Waals surface area contributed by atoms with Crippen LogP contribution in [0.3, 0.4) is 0 Å². The lowest BCUT2D eigenvalue weighted by Gasteiger charge is -2.17. The summed E-state index contributed by atoms with van der Waals surface area (Å²) < 4.78 is 12.8. The van der Waals surface area contributed by atoms with Gasteiger partial charge in [0.15, 0.2) is 5.17 Å². The third-order valence-electron chi connectivity index (χ3n) is 6.39. The summed E-state index contributed by atoms with van der Waals surface area (Å²) in [6.45, 7) is 9.44. The van der Waals surface area contributed by atoms with Crippen LogP contribution in [0, 0.1) is 20.8 Å². The van der Waals surface area contributed by atoms with Crippen LogP contribution in [0.2, 0.25) is 0 Å². The number of aliphatic imine (C=N–C) groups is 1. The first kappa shape index (κ1) is 25.8. The Morgan fingerprint density at radius 2 is 1.81 bits per heavy atom. The number of ether oxygens (including phenoxy) is 2. The van der Waals surface area contributed by atoms with Gasteiger partial charge in [0.05, 0.1) is 36.5 Å². The molecule has 1 saturated heterocycles. The first-order chi connectivity index (χ1) is 17.4. The third-order valence-corrected chi connectivity index (χ3v) is 7.39. The Labute approximate surface area is 217 Å². The number of aromatic nitrogens is 1. The molecule has 1 aromatic heterocycles. The van der Waals surface area contributed by atoms with E-state index in [-0.39, 0.29) is 5.91 Å². The first-order valence-electron chi connectivity index (χ1n) is 12.1. The van der Waals surface area contributed by atoms with Gasteiger partial charge in [-0.25, -0.2) is 4.99 Å². The molecule has 0 saturated carbocycles. The smallest absolute Gasteiger partial charge is 0.266 e. The van der Waals surface area contributed by atoms with Gasteiger partial charge in [-0.15, -0.1) is 0 Å². The third kappa shape index (κ3) is 5.13. The van der Waals surface area contributed by atoms with Gasteiger partial charge in [0.2, 0.25) is 0 Å². The lowest BCUT2D eigenvalue weighted by Crippen LogP contribution is -2.32. The van der Waals surface area contributed by atoms with Crippen molar-refractivity contribution in [3.63, 3.8) is 0 Å². The summed E-state index contributed by atoms with van der Waals surface area (Å²) in [5, 5.41) is 0.648. The topological polar surface area (TPSA) is 56.1 Å². The fraction of sp³-hybridized carbons (Fsp3) is 0.310. The van der Waals surface area contributed by atoms with Gasteiger partial charge in [-0.1, -0.05) is 25.1 Å². The van der Waals surface area contributed by atoms with Gasteiger partial charge in [0.25, 0.3) is 5.91 Å². The van der Waals surface area contributed by atoms with Crippen LogP contribution in [0.25, 0.3) is 11.8 Å². The molecule has 0 spiro atoms. The minimum Gasteiger partial charge on any atom is -0.497 e. The van der Waals surface area contributed by atoms with E-state index in [9.17, 15) is 4.79 Å². The van der Waals surface area contributed by atoms with Crippen LogP contribution in [-0.4, -0.2) is 47.9 Å². The Hall–Kier alpha value is -3.29. The standard InChI is InChI=1S/C29H33N3O3S/c1-7-22-10-8-9-19(2)27(22)32-20(3)17-23(21(32)4)18-26-28(33)31(15-16-34-5)29(36-26)30-24-11-13-25(35-6)14-12-24/h8-14,17-18H,7,15-16H2,1-6H3/b26-18-,30-29?. The summed E-state index contributed by atoms with van der Waals surface area (Å²) in [7, 11) is 3.27. The predicted octanol–water partition coefficient (Wildman–Crippen LogP) is 6.22. The van der Waals surface area contributed by atoms with Crippen molar-refractivity contribution in [2.24, 2.45) is 4.99 Å². The second kappa shape index (κ2) is 11.2. The highest BCUT2D eigenvalue weighted by Crippen LogP contribution is 2.36. The average Bonchev–Trinajstić information content (AvgIpc) is 3.32. The van der Waals surface area contributed by atoms with Crippen LogP contribution >= 0.6 is 11.8 Å². The van der Waals surface area contributed by atoms with E-state index in [1.807, 2.05) is 30.3 Å². The minimum absolute atomic E-state index is 0.0562. The van der Waals surface area contributed by atoms with Gasteiger partial charge < -0.3 is 14.0 Å². The van der Waals surface area contributed by atoms with Crippen LogP contribution < -0.4 is 4.74 Å². The first-order valence-corrected chi connectivity index (χ1v) is 12.9. The monoisotopic (exact) mass is 503 g/mol. The molecule has 1 aliphatic heterocycles. The van der Waals surface area contributed by atoms with E-state index in [1.54, 1.807) is 19.1 Å². The zero-order valence-electron chi connectivity index (χ0n) is 21.8. The Balaban J connectivity index is 1.72. The van der Waals surface area contributed by atoms with Gasteiger partial charge in [-0.05, 0) is 92.1 Å². The molecule has 4 rings (SSSR count). The molecule has 0 atom stereocenters. The van der Waals surface area contributed by atoms with Crippen molar-refractivity contribution in [1.82, 2.24) is 9.47 Å². The van der Waals surface area contributed by atoms with E-state index in [4.69, 9.17) is 14.5 Å². The second-order valence-corrected chi connectivity index (χ2v) is 9.76. The van der Waals surface area contributed by atoms with E-state index < -0.39 is 0 Å². The molecule has 0 unspecified atom stereocenters. The number of amides is 1. The van der Waals surface area contributed by atoms with Crippen LogP contribution in [0.15, 0.2) is 58.4 Å². The summed E-state index contributed by atoms with van der Waals surface area (Å²) in [5.41, 5.74) is 7.83. The quantitative estimate of drug-likeness (QED) is 0.342. The average molecular weight is 504 g/mol. The molecule has 1 fully saturated rings. The van der Waals surface area contributed by atoms with Crippen LogP contribution in [0.5, 0.6) is 5.75 Å². The maximum Gasteiger partial charge on any atom is 0.266 e. The molecule has 1 amide bonds. The van der Waals surface area contributed by atoms with Gasteiger partial charge in [0.1, 0.15) is 5.75 Å². The summed E-state index contributed by atoms with van der Waals surface area (Å²) in [6.07, 6.45) is 2.95. The number of methoxy groups -OCH3 is 2. The number of rotatable bonds is 8. The largest absolute Gasteiger partial charge is 0.497 e. The number of hydrogen-bond acceptors (Lipinski definition) is 5. The molecule has 3 aromatic rings. The Kier molecular flexibility index (Phi) is 8.01. The number of benzene rings is 2. The van der Waals surface area contributed by atoms with Crippen LogP contribution in [-0.2, 0) is 16.0 Å². The van der Waals surface area contributed by atoms with E-state index in [0.29, 0.717) is 23.2 Å². The molecule has 2 aromatic carbocycles. The number of amidine groups is 1. The van der Waals surface area contributed by atoms with E-state index in [0.717, 1.165) is 34.8 Å². The highest BCUT2D eigenvalue weighted by Gasteiger charge is 2.33. The highest BCUT2D eigenvalue weighted by molar-refractivity contribution is 8.18. The van der Waals surface area contributed by atoms with Crippen LogP contribution in [0.1, 0.15) is 35.0 Å². The van der Waals surface area contributed by atoms with E-state index >= 15 is 0 Å². The maximum atomic E-state index is 13.4. The van der Waals surface area contributed by atoms with Crippen molar-refractivity contribution in [2.75, 3.05) is 27.4 Å². The van der Waals surface area contributed by atoms with Gasteiger partial charge >= 0.3 is 0 Å². The fourth-order valence-electron chi connectivity index (χ4n) is 4.48. The number of carbonyl (C=O) groups is 1. The van der Waals surface area contributed by atoms with Crippen LogP contribution in [0.4, 0.5) is 5.69 Å². The van der Waals surface area contributed by atoms with Crippen molar-refractivity contribution < 1.29 is 14.3 Å². The molecule has 0 N–H and O–H groups in total. The Morgan fingerprint density at radius 3 is 2.47 bits per heavy atom. The molecule has 0 aliphatic carbocycles. The summed E-state index contributed by atoms with van der Waals surface area (Å²) >= 11 is 1.40.